The van der Waals surface area contributed by atoms with Crippen LogP contribution < -0.4 is 10.6 Å². The third kappa shape index (κ3) is 27.5. The van der Waals surface area contributed by atoms with Crippen molar-refractivity contribution in [3.05, 3.63) is 119 Å². The second-order valence-electron chi connectivity index (χ2n) is 31.8. The molecule has 11 nitrogen and oxygen atoms in total. The number of ketones is 3. The molecule has 11 atom stereocenters. The third-order valence-corrected chi connectivity index (χ3v) is 26.9. The summed E-state index contributed by atoms with van der Waals surface area (Å²) in [6.45, 7) is 33.4. The van der Waals surface area contributed by atoms with Crippen LogP contribution in [0.15, 0.2) is 112 Å². The van der Waals surface area contributed by atoms with Crippen molar-refractivity contribution < 1.29 is 43.7 Å². The highest BCUT2D eigenvalue weighted by Gasteiger charge is 2.66. The molecule has 4 saturated carbocycles. The minimum Gasteiger partial charge on any atom is -0.444 e. The van der Waals surface area contributed by atoms with Gasteiger partial charge >= 0.3 is 6.09 Å². The van der Waals surface area contributed by atoms with Crippen LogP contribution in [0.4, 0.5) is 10.5 Å². The van der Waals surface area contributed by atoms with Gasteiger partial charge < -0.3 is 29.8 Å². The van der Waals surface area contributed by atoms with Crippen LogP contribution in [0.2, 0.25) is 0 Å². The number of rotatable bonds is 29. The maximum atomic E-state index is 12.5. The lowest BCUT2D eigenvalue weighted by Crippen LogP contribution is -2.62. The summed E-state index contributed by atoms with van der Waals surface area (Å²) in [6.07, 6.45) is 12.1. The van der Waals surface area contributed by atoms with Gasteiger partial charge in [0.15, 0.2) is 0 Å². The standard InChI is InChI=1S/C41H65NO5S2.C23H29NO3S2.C15H22OS2/c1-26(8-9-27(2)43)32-14-15-33-38-34(24-36(45)41(32,33)7)40(6)18-16-30(22-29(40)23-35(38)44)47-20-19-42-37(46)17-21-48-49-31-12-10-28(11-13-31)25-39(3,4)5;1-17(25)13-14-28-29-21-11-7-19(8-12-21)16-27-22(26)24-20-9-5-18(6-10-20)15-23(2,3)4;1-12(16)9-10-17-18-14-7-5-13(6-8-14)11-15(2,3)4/h10-13,26,29-30,32-36,38,44-45H,8-9,14-25H2,1-7H3,(H,42,46);5-12H,13-16H2,1-4H3,(H,24,26);5-8H,9-11H2,1-4H3/t26-,29+,30-,32+,33+,34+,35-,36+,38+,40+,41-;;/m0../s1. The SMILES string of the molecule is CC(=O)CCSSc1ccc(CC(C)(C)C)cc1.CC(=O)CCSSc1ccc(COC(=O)Nc2ccc(CC(C)(C)C)cc2)cc1.CC(=O)CC[C@H](C)[C@H]1CC[C@@H]2[C@@H]3[C@@H](C[C@@H](O)[C@]21C)[C@]1(C)CC[C@H](OCCNC(=O)CCSSc2ccc(CC(C)(C)C)cc2)C[C@@H]1C[C@@H]3O. The number of ether oxygens (including phenoxy) is 2. The Labute approximate surface area is 601 Å². The van der Waals surface area contributed by atoms with Crippen LogP contribution in [0.5, 0.6) is 0 Å². The molecule has 8 rings (SSSR count). The first-order valence-electron chi connectivity index (χ1n) is 35.1. The number of aliphatic hydroxyl groups is 2. The number of fused-ring (bicyclic) bond motifs is 5. The molecule has 4 aromatic carbocycles. The van der Waals surface area contributed by atoms with Crippen molar-refractivity contribution in [3.8, 4) is 0 Å². The van der Waals surface area contributed by atoms with E-state index >= 15 is 0 Å². The van der Waals surface area contributed by atoms with Gasteiger partial charge in [0.25, 0.3) is 0 Å². The zero-order valence-electron chi connectivity index (χ0n) is 60.5. The van der Waals surface area contributed by atoms with Crippen molar-refractivity contribution in [2.45, 2.75) is 240 Å². The number of Topliss-reactive ketones (excluding diaryl/α,β-unsaturated/α-hetero) is 3. The van der Waals surface area contributed by atoms with Gasteiger partial charge in [-0.25, -0.2) is 4.79 Å². The highest BCUT2D eigenvalue weighted by molar-refractivity contribution is 8.77. The summed E-state index contributed by atoms with van der Waals surface area (Å²) in [5, 5.41) is 29.4. The molecule has 2 amide bonds. The van der Waals surface area contributed by atoms with E-state index in [9.17, 15) is 34.2 Å². The van der Waals surface area contributed by atoms with Crippen LogP contribution in [-0.4, -0.2) is 88.3 Å². The summed E-state index contributed by atoms with van der Waals surface area (Å²) in [4.78, 5) is 61.6. The van der Waals surface area contributed by atoms with E-state index in [0.29, 0.717) is 73.8 Å². The van der Waals surface area contributed by atoms with E-state index in [2.05, 4.69) is 142 Å². The lowest BCUT2D eigenvalue weighted by Gasteiger charge is -2.63. The molecular formula is C79H116N2O9S6. The Bertz CT molecular complexity index is 3050. The molecule has 4 aliphatic carbocycles. The minimum absolute atomic E-state index is 0.0696. The molecule has 0 aliphatic heterocycles. The number of carbonyl (C=O) groups is 5. The lowest BCUT2D eigenvalue weighted by atomic mass is 9.43. The van der Waals surface area contributed by atoms with Crippen LogP contribution in [0.1, 0.15) is 203 Å². The molecule has 532 valence electrons. The molecule has 0 unspecified atom stereocenters. The maximum Gasteiger partial charge on any atom is 0.411 e. The minimum atomic E-state index is -0.466. The smallest absolute Gasteiger partial charge is 0.411 e. The quantitative estimate of drug-likeness (QED) is 0.0299. The molecule has 0 aromatic heterocycles. The van der Waals surface area contributed by atoms with Gasteiger partial charge in [-0.15, -0.1) is 0 Å². The average molecular weight is 1430 g/mol. The summed E-state index contributed by atoms with van der Waals surface area (Å²) in [5.41, 5.74) is 6.41. The molecule has 4 aromatic rings. The van der Waals surface area contributed by atoms with E-state index in [1.807, 2.05) is 48.5 Å². The topological polar surface area (TPSA) is 168 Å². The monoisotopic (exact) mass is 1430 g/mol. The van der Waals surface area contributed by atoms with Crippen LogP contribution in [0.25, 0.3) is 0 Å². The normalized spacial score (nSPS) is 24.1. The number of hydrogen-bond donors (Lipinski definition) is 4. The second kappa shape index (κ2) is 38.6. The highest BCUT2D eigenvalue weighted by atomic mass is 33.1. The van der Waals surface area contributed by atoms with Gasteiger partial charge in [0.05, 0.1) is 24.9 Å². The van der Waals surface area contributed by atoms with Crippen LogP contribution in [0.3, 0.4) is 0 Å². The predicted molar refractivity (Wildman–Crippen MR) is 409 cm³/mol. The summed E-state index contributed by atoms with van der Waals surface area (Å²) in [5.74, 6) is 5.33. The van der Waals surface area contributed by atoms with Gasteiger partial charge in [-0.2, -0.15) is 0 Å². The molecule has 0 heterocycles. The molecule has 17 heteroatoms. The van der Waals surface area contributed by atoms with Crippen molar-refractivity contribution in [2.75, 3.05) is 35.7 Å². The second-order valence-corrected chi connectivity index (χ2v) is 39.3. The Morgan fingerprint density at radius 1 is 0.573 bits per heavy atom. The van der Waals surface area contributed by atoms with Gasteiger partial charge in [0.1, 0.15) is 24.0 Å². The number of amides is 2. The van der Waals surface area contributed by atoms with E-state index in [-0.39, 0.29) is 75.8 Å². The van der Waals surface area contributed by atoms with E-state index in [1.165, 1.54) is 26.5 Å². The summed E-state index contributed by atoms with van der Waals surface area (Å²) >= 11 is 0. The number of aliphatic hydroxyl groups excluding tert-OH is 2. The average Bonchev–Trinajstić information content (AvgIpc) is 1.34. The molecule has 0 saturated heterocycles. The number of carbonyl (C=O) groups excluding carboxylic acids is 5. The van der Waals surface area contributed by atoms with Gasteiger partial charge in [-0.05, 0) is 225 Å². The molecule has 0 radical (unpaired) electrons. The Balaban J connectivity index is 0.000000261. The van der Waals surface area contributed by atoms with E-state index < -0.39 is 6.09 Å². The van der Waals surface area contributed by atoms with Gasteiger partial charge in [0, 0.05) is 69.9 Å². The fraction of sp³-hybridized carbons (Fsp3) is 0.633. The fourth-order valence-electron chi connectivity index (χ4n) is 15.1. The van der Waals surface area contributed by atoms with Gasteiger partial charge in [0.2, 0.25) is 5.91 Å². The van der Waals surface area contributed by atoms with Crippen LogP contribution >= 0.6 is 64.8 Å². The molecule has 4 aliphatic rings. The molecule has 0 spiro atoms. The van der Waals surface area contributed by atoms with E-state index in [0.717, 1.165) is 104 Å². The number of hydrogen-bond acceptors (Lipinski definition) is 15. The first-order chi connectivity index (χ1) is 45.2. The van der Waals surface area contributed by atoms with E-state index in [1.54, 1.807) is 85.5 Å². The molecule has 96 heavy (non-hydrogen) atoms. The predicted octanol–water partition coefficient (Wildman–Crippen LogP) is 20.3. The molecule has 4 N–H and O–H groups in total. The largest absolute Gasteiger partial charge is 0.444 e. The highest BCUT2D eigenvalue weighted by Crippen LogP contribution is 2.68. The molecule has 4 fully saturated rings. The van der Waals surface area contributed by atoms with E-state index in [4.69, 9.17) is 9.47 Å². The lowest BCUT2D eigenvalue weighted by molar-refractivity contribution is -0.209. The van der Waals surface area contributed by atoms with Crippen LogP contribution in [0, 0.1) is 62.6 Å². The number of anilines is 1. The van der Waals surface area contributed by atoms with Crippen LogP contribution in [-0.2, 0) is 54.5 Å². The molecule has 0 bridgehead atoms. The van der Waals surface area contributed by atoms with Crippen molar-refractivity contribution in [1.82, 2.24) is 5.32 Å². The van der Waals surface area contributed by atoms with Crippen molar-refractivity contribution in [1.29, 1.82) is 0 Å². The Hall–Kier alpha value is -3.39. The van der Waals surface area contributed by atoms with Crippen molar-refractivity contribution in [2.24, 2.45) is 62.6 Å². The fourth-order valence-corrected chi connectivity index (χ4v) is 21.2. The number of benzene rings is 4. The summed E-state index contributed by atoms with van der Waals surface area (Å²) < 4.78 is 11.6. The van der Waals surface area contributed by atoms with Crippen molar-refractivity contribution >= 4 is 99.8 Å². The Morgan fingerprint density at radius 2 is 1.03 bits per heavy atom. The Morgan fingerprint density at radius 3 is 1.50 bits per heavy atom. The first kappa shape index (κ1) is 81.6. The maximum absolute atomic E-state index is 12.5. The zero-order valence-corrected chi connectivity index (χ0v) is 65.4. The summed E-state index contributed by atoms with van der Waals surface area (Å²) in [6, 6.07) is 33.3. The Kier molecular flexibility index (Phi) is 32.8. The van der Waals surface area contributed by atoms with Gasteiger partial charge in [-0.1, -0.05) is 196 Å². The van der Waals surface area contributed by atoms with Crippen molar-refractivity contribution in [3.63, 3.8) is 0 Å². The third-order valence-electron chi connectivity index (χ3n) is 19.7. The number of nitrogens with one attached hydrogen (secondary N) is 2. The first-order valence-corrected chi connectivity index (χ1v) is 42.1. The summed E-state index contributed by atoms with van der Waals surface area (Å²) in [7, 11) is 10.3. The molecular weight excluding hydrogens is 1310 g/mol. The zero-order chi connectivity index (χ0) is 70.4. The van der Waals surface area contributed by atoms with Gasteiger partial charge in [-0.3, -0.25) is 19.7 Å².